The van der Waals surface area contributed by atoms with Gasteiger partial charge in [-0.3, -0.25) is 9.59 Å². The molecule has 1 aliphatic heterocycles. The highest BCUT2D eigenvalue weighted by Crippen LogP contribution is 2.48. The Hall–Kier alpha value is -2.82. The first kappa shape index (κ1) is 17.6. The Kier molecular flexibility index (Phi) is 3.98. The lowest BCUT2D eigenvalue weighted by atomic mass is 9.73. The van der Waals surface area contributed by atoms with Crippen molar-refractivity contribution >= 4 is 23.1 Å². The van der Waals surface area contributed by atoms with Gasteiger partial charge in [-0.1, -0.05) is 32.1 Å². The first-order valence-corrected chi connectivity index (χ1v) is 9.31. The van der Waals surface area contributed by atoms with Gasteiger partial charge in [-0.05, 0) is 29.7 Å². The highest BCUT2D eigenvalue weighted by Gasteiger charge is 2.46. The Morgan fingerprint density at radius 3 is 2.59 bits per heavy atom. The van der Waals surface area contributed by atoms with Crippen LogP contribution in [0.4, 0.5) is 11.4 Å². The number of aromatic nitrogens is 1. The van der Waals surface area contributed by atoms with E-state index >= 15 is 0 Å². The van der Waals surface area contributed by atoms with Gasteiger partial charge < -0.3 is 14.8 Å². The summed E-state index contributed by atoms with van der Waals surface area (Å²) in [4.78, 5) is 27.9. The predicted molar refractivity (Wildman–Crippen MR) is 106 cm³/mol. The molecule has 0 radical (unpaired) electrons. The molecule has 0 saturated carbocycles. The number of carbonyl (C=O) groups is 2. The zero-order chi connectivity index (χ0) is 19.3. The molecule has 1 N–H and O–H groups in total. The molecule has 2 atom stereocenters. The first-order chi connectivity index (χ1) is 12.8. The molecule has 1 aromatic heterocycles. The van der Waals surface area contributed by atoms with Crippen LogP contribution in [-0.4, -0.2) is 16.3 Å². The van der Waals surface area contributed by atoms with Crippen molar-refractivity contribution in [2.75, 3.05) is 10.2 Å². The van der Waals surface area contributed by atoms with E-state index in [4.69, 9.17) is 0 Å². The Balaban J connectivity index is 2.01. The summed E-state index contributed by atoms with van der Waals surface area (Å²) in [5.41, 5.74) is 3.28. The van der Waals surface area contributed by atoms with E-state index in [1.54, 1.807) is 11.8 Å². The standard InChI is InChI=1S/C22H25N3O2/c1-14(26)25-17-9-6-5-8-15(17)23-16-12-22(2,3)13-19(27)20(16)21(25)18-10-7-11-24(18)4/h5-12,20-21,23H,13H2,1-4H3/t20-,21-/m0/s1. The van der Waals surface area contributed by atoms with Crippen LogP contribution in [0.15, 0.2) is 54.4 Å². The van der Waals surface area contributed by atoms with Crippen LogP contribution in [0, 0.1) is 11.3 Å². The number of aryl methyl sites for hydroxylation is 1. The molecule has 27 heavy (non-hydrogen) atoms. The number of anilines is 2. The maximum Gasteiger partial charge on any atom is 0.224 e. The number of hydrogen-bond acceptors (Lipinski definition) is 3. The SMILES string of the molecule is CC(=O)N1c2ccccc2NC2=CC(C)(C)CC(=O)[C@H]2[C@@H]1c1cccn1C. The number of carbonyl (C=O) groups excluding carboxylic acids is 2. The zero-order valence-electron chi connectivity index (χ0n) is 16.2. The number of allylic oxidation sites excluding steroid dienone is 1. The topological polar surface area (TPSA) is 54.3 Å². The van der Waals surface area contributed by atoms with Crippen LogP contribution in [0.1, 0.15) is 38.9 Å². The number of hydrogen-bond donors (Lipinski definition) is 1. The summed E-state index contributed by atoms with van der Waals surface area (Å²) in [7, 11) is 1.96. The lowest BCUT2D eigenvalue weighted by Gasteiger charge is -2.38. The molecule has 5 heteroatoms. The third-order valence-corrected chi connectivity index (χ3v) is 5.52. The number of benzene rings is 1. The van der Waals surface area contributed by atoms with Gasteiger partial charge in [0.05, 0.1) is 23.3 Å². The summed E-state index contributed by atoms with van der Waals surface area (Å²) in [5.74, 6) is -0.326. The largest absolute Gasteiger partial charge is 0.357 e. The van der Waals surface area contributed by atoms with Gasteiger partial charge in [-0.2, -0.15) is 0 Å². The third kappa shape index (κ3) is 2.87. The van der Waals surface area contributed by atoms with Crippen molar-refractivity contribution < 1.29 is 9.59 Å². The molecular weight excluding hydrogens is 338 g/mol. The van der Waals surface area contributed by atoms with Gasteiger partial charge >= 0.3 is 0 Å². The van der Waals surface area contributed by atoms with Crippen LogP contribution in [-0.2, 0) is 16.6 Å². The molecule has 5 nitrogen and oxygen atoms in total. The second-order valence-electron chi connectivity index (χ2n) is 8.23. The van der Waals surface area contributed by atoms with Crippen LogP contribution in [0.25, 0.3) is 0 Å². The predicted octanol–water partition coefficient (Wildman–Crippen LogP) is 4.04. The minimum atomic E-state index is -0.414. The average Bonchev–Trinajstić information content (AvgIpc) is 2.92. The Morgan fingerprint density at radius 1 is 1.19 bits per heavy atom. The van der Waals surface area contributed by atoms with Crippen molar-refractivity contribution in [1.29, 1.82) is 0 Å². The lowest BCUT2D eigenvalue weighted by Crippen LogP contribution is -2.43. The lowest BCUT2D eigenvalue weighted by molar-refractivity contribution is -0.125. The quantitative estimate of drug-likeness (QED) is 0.832. The van der Waals surface area contributed by atoms with Crippen LogP contribution in [0.5, 0.6) is 0 Å². The van der Waals surface area contributed by atoms with Gasteiger partial charge in [-0.25, -0.2) is 0 Å². The number of rotatable bonds is 1. The summed E-state index contributed by atoms with van der Waals surface area (Å²) >= 11 is 0. The van der Waals surface area contributed by atoms with Crippen molar-refractivity contribution in [2.24, 2.45) is 18.4 Å². The fourth-order valence-electron chi connectivity index (χ4n) is 4.45. The number of ketones is 1. The van der Waals surface area contributed by atoms with E-state index in [9.17, 15) is 9.59 Å². The third-order valence-electron chi connectivity index (χ3n) is 5.52. The average molecular weight is 363 g/mol. The molecule has 0 fully saturated rings. The van der Waals surface area contributed by atoms with Gasteiger partial charge in [0.1, 0.15) is 5.78 Å². The number of para-hydroxylation sites is 2. The summed E-state index contributed by atoms with van der Waals surface area (Å²) in [5, 5.41) is 3.48. The minimum Gasteiger partial charge on any atom is -0.357 e. The van der Waals surface area contributed by atoms with E-state index in [1.807, 2.05) is 54.2 Å². The van der Waals surface area contributed by atoms with E-state index in [2.05, 4.69) is 25.2 Å². The van der Waals surface area contributed by atoms with Crippen LogP contribution in [0.3, 0.4) is 0 Å². The summed E-state index contributed by atoms with van der Waals surface area (Å²) in [6.07, 6.45) is 4.58. The molecule has 0 bridgehead atoms. The monoisotopic (exact) mass is 363 g/mol. The van der Waals surface area contributed by atoms with Crippen molar-refractivity contribution in [3.63, 3.8) is 0 Å². The van der Waals surface area contributed by atoms with E-state index in [0.29, 0.717) is 6.42 Å². The van der Waals surface area contributed by atoms with Crippen molar-refractivity contribution in [1.82, 2.24) is 4.57 Å². The first-order valence-electron chi connectivity index (χ1n) is 9.31. The number of nitrogens with one attached hydrogen (secondary N) is 1. The molecule has 2 aliphatic rings. The maximum absolute atomic E-state index is 13.3. The number of nitrogens with zero attached hydrogens (tertiary/aromatic N) is 2. The van der Waals surface area contributed by atoms with Gasteiger partial charge in [0.15, 0.2) is 0 Å². The molecule has 4 rings (SSSR count). The molecule has 2 heterocycles. The summed E-state index contributed by atoms with van der Waals surface area (Å²) in [6.45, 7) is 5.72. The molecular formula is C22H25N3O2. The molecule has 0 saturated heterocycles. The second-order valence-corrected chi connectivity index (χ2v) is 8.23. The van der Waals surface area contributed by atoms with E-state index < -0.39 is 5.92 Å². The Morgan fingerprint density at radius 2 is 1.93 bits per heavy atom. The van der Waals surface area contributed by atoms with E-state index in [1.165, 1.54) is 0 Å². The minimum absolute atomic E-state index is 0.0747. The van der Waals surface area contributed by atoms with Crippen LogP contribution in [0.2, 0.25) is 0 Å². The second kappa shape index (κ2) is 6.12. The van der Waals surface area contributed by atoms with Gasteiger partial charge in [0.25, 0.3) is 0 Å². The normalized spacial score (nSPS) is 23.6. The molecule has 1 amide bonds. The Bertz CT molecular complexity index is 954. The number of fused-ring (bicyclic) bond motifs is 2. The zero-order valence-corrected chi connectivity index (χ0v) is 16.2. The van der Waals surface area contributed by atoms with Crippen LogP contribution >= 0.6 is 0 Å². The maximum atomic E-state index is 13.3. The number of amides is 1. The molecule has 1 aliphatic carbocycles. The van der Waals surface area contributed by atoms with Gasteiger partial charge in [-0.15, -0.1) is 0 Å². The molecule has 0 unspecified atom stereocenters. The van der Waals surface area contributed by atoms with Crippen molar-refractivity contribution in [2.45, 2.75) is 33.2 Å². The van der Waals surface area contributed by atoms with E-state index in [-0.39, 0.29) is 23.1 Å². The fraction of sp³-hybridized carbons (Fsp3) is 0.364. The molecule has 1 aromatic carbocycles. The smallest absolute Gasteiger partial charge is 0.224 e. The van der Waals surface area contributed by atoms with Gasteiger partial charge in [0.2, 0.25) is 5.91 Å². The van der Waals surface area contributed by atoms with Crippen LogP contribution < -0.4 is 10.2 Å². The van der Waals surface area contributed by atoms with E-state index in [0.717, 1.165) is 22.8 Å². The Labute approximate surface area is 159 Å². The van der Waals surface area contributed by atoms with Crippen molar-refractivity contribution in [3.05, 3.63) is 60.1 Å². The highest BCUT2D eigenvalue weighted by molar-refractivity contribution is 6.00. The molecule has 2 aromatic rings. The molecule has 0 spiro atoms. The molecule has 140 valence electrons. The summed E-state index contributed by atoms with van der Waals surface area (Å²) < 4.78 is 2.00. The van der Waals surface area contributed by atoms with Crippen molar-refractivity contribution in [3.8, 4) is 0 Å². The highest BCUT2D eigenvalue weighted by atomic mass is 16.2. The van der Waals surface area contributed by atoms with Gasteiger partial charge in [0, 0.05) is 38.0 Å². The summed E-state index contributed by atoms with van der Waals surface area (Å²) in [6, 6.07) is 11.3. The number of Topliss-reactive ketones (excluding diaryl/α,β-unsaturated/α-hetero) is 1. The fourth-order valence-corrected chi connectivity index (χ4v) is 4.45.